The standard InChI is InChI=1S/C8H16O3/c1-4-5-10-6-7(2)11-8(3)9/h7H,4-6H2,1-3H3/t7-/m1/s1. The summed E-state index contributed by atoms with van der Waals surface area (Å²) in [6, 6.07) is 0. The minimum absolute atomic E-state index is 0.126. The van der Waals surface area contributed by atoms with Gasteiger partial charge in [0.1, 0.15) is 6.10 Å². The molecule has 11 heavy (non-hydrogen) atoms. The third kappa shape index (κ3) is 7.33. The Balaban J connectivity index is 3.22. The van der Waals surface area contributed by atoms with Gasteiger partial charge in [0.05, 0.1) is 6.61 Å². The van der Waals surface area contributed by atoms with E-state index in [1.54, 1.807) is 0 Å². The van der Waals surface area contributed by atoms with Crippen LogP contribution in [-0.4, -0.2) is 25.3 Å². The van der Waals surface area contributed by atoms with Crippen molar-refractivity contribution in [3.05, 3.63) is 0 Å². The summed E-state index contributed by atoms with van der Waals surface area (Å²) in [6.07, 6.45) is 0.867. The smallest absolute Gasteiger partial charge is 0.302 e. The van der Waals surface area contributed by atoms with E-state index in [0.29, 0.717) is 6.61 Å². The van der Waals surface area contributed by atoms with Crippen molar-refractivity contribution in [2.75, 3.05) is 13.2 Å². The highest BCUT2D eigenvalue weighted by Crippen LogP contribution is 1.92. The Morgan fingerprint density at radius 2 is 2.18 bits per heavy atom. The summed E-state index contributed by atoms with van der Waals surface area (Å²) in [6.45, 7) is 6.48. The number of hydrogen-bond acceptors (Lipinski definition) is 3. The fraction of sp³-hybridized carbons (Fsp3) is 0.875. The Bertz CT molecular complexity index is 112. The Kier molecular flexibility index (Phi) is 5.84. The van der Waals surface area contributed by atoms with Crippen molar-refractivity contribution in [2.45, 2.75) is 33.3 Å². The van der Waals surface area contributed by atoms with E-state index >= 15 is 0 Å². The fourth-order valence-corrected chi connectivity index (χ4v) is 0.711. The average Bonchev–Trinajstić information content (AvgIpc) is 1.86. The lowest BCUT2D eigenvalue weighted by atomic mass is 10.4. The molecule has 1 atom stereocenters. The number of rotatable bonds is 5. The largest absolute Gasteiger partial charge is 0.460 e. The van der Waals surface area contributed by atoms with Gasteiger partial charge < -0.3 is 9.47 Å². The highest BCUT2D eigenvalue weighted by molar-refractivity contribution is 5.66. The van der Waals surface area contributed by atoms with Crippen LogP contribution >= 0.6 is 0 Å². The molecule has 3 nitrogen and oxygen atoms in total. The second-order valence-corrected chi connectivity index (χ2v) is 2.49. The van der Waals surface area contributed by atoms with Crippen molar-refractivity contribution in [1.29, 1.82) is 0 Å². The third-order valence-electron chi connectivity index (χ3n) is 1.07. The average molecular weight is 160 g/mol. The summed E-state index contributed by atoms with van der Waals surface area (Å²) in [4.78, 5) is 10.4. The first-order valence-corrected chi connectivity index (χ1v) is 3.91. The van der Waals surface area contributed by atoms with Gasteiger partial charge in [-0.25, -0.2) is 0 Å². The van der Waals surface area contributed by atoms with Crippen molar-refractivity contribution < 1.29 is 14.3 Å². The molecule has 0 saturated carbocycles. The number of hydrogen-bond donors (Lipinski definition) is 0. The van der Waals surface area contributed by atoms with Crippen molar-refractivity contribution in [3.8, 4) is 0 Å². The molecule has 0 aromatic rings. The van der Waals surface area contributed by atoms with Crippen LogP contribution < -0.4 is 0 Å². The van der Waals surface area contributed by atoms with Gasteiger partial charge in [0, 0.05) is 13.5 Å². The molecule has 0 aromatic heterocycles. The van der Waals surface area contributed by atoms with Gasteiger partial charge in [-0.05, 0) is 13.3 Å². The Morgan fingerprint density at radius 1 is 1.55 bits per heavy atom. The highest BCUT2D eigenvalue weighted by atomic mass is 16.6. The molecule has 0 heterocycles. The minimum Gasteiger partial charge on any atom is -0.460 e. The zero-order chi connectivity index (χ0) is 8.69. The van der Waals surface area contributed by atoms with E-state index in [-0.39, 0.29) is 12.1 Å². The van der Waals surface area contributed by atoms with Crippen molar-refractivity contribution in [1.82, 2.24) is 0 Å². The molecule has 0 spiro atoms. The molecule has 0 aromatic carbocycles. The van der Waals surface area contributed by atoms with Gasteiger partial charge in [0.15, 0.2) is 0 Å². The maximum Gasteiger partial charge on any atom is 0.302 e. The number of esters is 1. The van der Waals surface area contributed by atoms with Crippen LogP contribution in [-0.2, 0) is 14.3 Å². The van der Waals surface area contributed by atoms with E-state index in [0.717, 1.165) is 13.0 Å². The van der Waals surface area contributed by atoms with Crippen LogP contribution in [0.5, 0.6) is 0 Å². The molecule has 66 valence electrons. The lowest BCUT2D eigenvalue weighted by Crippen LogP contribution is -2.18. The zero-order valence-electron chi connectivity index (χ0n) is 7.42. The van der Waals surface area contributed by atoms with E-state index in [4.69, 9.17) is 9.47 Å². The van der Waals surface area contributed by atoms with Crippen LogP contribution in [0.2, 0.25) is 0 Å². The first-order valence-electron chi connectivity index (χ1n) is 3.91. The van der Waals surface area contributed by atoms with Crippen LogP contribution in [0.25, 0.3) is 0 Å². The third-order valence-corrected chi connectivity index (χ3v) is 1.07. The lowest BCUT2D eigenvalue weighted by Gasteiger charge is -2.11. The summed E-state index contributed by atoms with van der Waals surface area (Å²) in [7, 11) is 0. The monoisotopic (exact) mass is 160 g/mol. The fourth-order valence-electron chi connectivity index (χ4n) is 0.711. The Labute approximate surface area is 67.7 Å². The second-order valence-electron chi connectivity index (χ2n) is 2.49. The molecule has 0 rings (SSSR count). The minimum atomic E-state index is -0.252. The second kappa shape index (κ2) is 6.16. The summed E-state index contributed by atoms with van der Waals surface area (Å²) < 4.78 is 10.0. The molecule has 0 N–H and O–H groups in total. The van der Waals surface area contributed by atoms with E-state index in [1.807, 2.05) is 13.8 Å². The van der Waals surface area contributed by atoms with Crippen molar-refractivity contribution in [3.63, 3.8) is 0 Å². The van der Waals surface area contributed by atoms with Crippen molar-refractivity contribution in [2.24, 2.45) is 0 Å². The van der Waals surface area contributed by atoms with Crippen LogP contribution in [0.4, 0.5) is 0 Å². The van der Waals surface area contributed by atoms with E-state index in [2.05, 4.69) is 0 Å². The summed E-state index contributed by atoms with van der Waals surface area (Å²) in [5.74, 6) is -0.252. The normalized spacial score (nSPS) is 12.6. The predicted molar refractivity (Wildman–Crippen MR) is 42.3 cm³/mol. The summed E-state index contributed by atoms with van der Waals surface area (Å²) in [5.41, 5.74) is 0. The summed E-state index contributed by atoms with van der Waals surface area (Å²) >= 11 is 0. The van der Waals surface area contributed by atoms with Crippen LogP contribution in [0, 0.1) is 0 Å². The molecule has 0 aliphatic carbocycles. The van der Waals surface area contributed by atoms with Gasteiger partial charge in [-0.2, -0.15) is 0 Å². The highest BCUT2D eigenvalue weighted by Gasteiger charge is 2.03. The van der Waals surface area contributed by atoms with Crippen molar-refractivity contribution >= 4 is 5.97 Å². The van der Waals surface area contributed by atoms with Gasteiger partial charge in [-0.1, -0.05) is 6.92 Å². The van der Waals surface area contributed by atoms with Gasteiger partial charge in [-0.3, -0.25) is 4.79 Å². The molecule has 0 aliphatic rings. The molecule has 3 heteroatoms. The number of carbonyl (C=O) groups is 1. The maximum absolute atomic E-state index is 10.4. The first kappa shape index (κ1) is 10.4. The zero-order valence-corrected chi connectivity index (χ0v) is 7.42. The van der Waals surface area contributed by atoms with Gasteiger partial charge in [0.25, 0.3) is 0 Å². The van der Waals surface area contributed by atoms with Gasteiger partial charge in [0.2, 0.25) is 0 Å². The SMILES string of the molecule is CCCOC[C@@H](C)OC(C)=O. The summed E-state index contributed by atoms with van der Waals surface area (Å²) in [5, 5.41) is 0. The Hall–Kier alpha value is -0.570. The van der Waals surface area contributed by atoms with Gasteiger partial charge >= 0.3 is 5.97 Å². The molecular weight excluding hydrogens is 144 g/mol. The van der Waals surface area contributed by atoms with Gasteiger partial charge in [-0.15, -0.1) is 0 Å². The molecule has 0 unspecified atom stereocenters. The molecular formula is C8H16O3. The molecule has 0 radical (unpaired) electrons. The van der Waals surface area contributed by atoms with Crippen LogP contribution in [0.3, 0.4) is 0 Å². The predicted octanol–water partition coefficient (Wildman–Crippen LogP) is 1.36. The van der Waals surface area contributed by atoms with E-state index in [1.165, 1.54) is 6.92 Å². The van der Waals surface area contributed by atoms with E-state index in [9.17, 15) is 4.79 Å². The molecule has 0 fully saturated rings. The molecule has 0 amide bonds. The van der Waals surface area contributed by atoms with Crippen LogP contribution in [0.15, 0.2) is 0 Å². The molecule has 0 bridgehead atoms. The lowest BCUT2D eigenvalue weighted by molar-refractivity contribution is -0.148. The maximum atomic E-state index is 10.4. The van der Waals surface area contributed by atoms with Crippen LogP contribution in [0.1, 0.15) is 27.2 Å². The first-order chi connectivity index (χ1) is 5.16. The van der Waals surface area contributed by atoms with E-state index < -0.39 is 0 Å². The topological polar surface area (TPSA) is 35.5 Å². The number of ether oxygens (including phenoxy) is 2. The molecule has 0 aliphatic heterocycles. The number of carbonyl (C=O) groups excluding carboxylic acids is 1. The molecule has 0 saturated heterocycles. The quantitative estimate of drug-likeness (QED) is 0.450. The Morgan fingerprint density at radius 3 is 2.64 bits per heavy atom.